The van der Waals surface area contributed by atoms with Crippen molar-refractivity contribution in [3.05, 3.63) is 45.8 Å². The lowest BCUT2D eigenvalue weighted by Gasteiger charge is -2.06. The number of hydrogen-bond acceptors (Lipinski definition) is 6. The standard InChI is InChI=1S/C14H15N5O5/c1-3-18-7-9(12(17-18)13(15)20)16-14(21)8-4-5-11(24-2)10(6-8)19(22)23/h4-7H,3H2,1-2H3,(H2,15,20)(H,16,21). The normalized spacial score (nSPS) is 10.2. The van der Waals surface area contributed by atoms with Gasteiger partial charge in [0.2, 0.25) is 0 Å². The molecule has 0 unspecified atom stereocenters. The average Bonchev–Trinajstić information content (AvgIpc) is 2.97. The highest BCUT2D eigenvalue weighted by atomic mass is 16.6. The first-order chi connectivity index (χ1) is 11.4. The van der Waals surface area contributed by atoms with Crippen molar-refractivity contribution >= 4 is 23.2 Å². The summed E-state index contributed by atoms with van der Waals surface area (Å²) in [5.41, 5.74) is 4.96. The van der Waals surface area contributed by atoms with Crippen LogP contribution in [-0.2, 0) is 6.54 Å². The topological polar surface area (TPSA) is 142 Å². The van der Waals surface area contributed by atoms with Crippen LogP contribution in [0.1, 0.15) is 27.8 Å². The molecule has 0 saturated carbocycles. The van der Waals surface area contributed by atoms with Crippen LogP contribution in [0.3, 0.4) is 0 Å². The van der Waals surface area contributed by atoms with Crippen LogP contribution in [0.5, 0.6) is 5.75 Å². The van der Waals surface area contributed by atoms with Gasteiger partial charge in [-0.1, -0.05) is 0 Å². The van der Waals surface area contributed by atoms with Gasteiger partial charge in [-0.3, -0.25) is 24.4 Å². The zero-order valence-electron chi connectivity index (χ0n) is 13.0. The lowest BCUT2D eigenvalue weighted by atomic mass is 10.1. The van der Waals surface area contributed by atoms with E-state index in [0.29, 0.717) is 6.54 Å². The number of nitro groups is 1. The number of rotatable bonds is 6. The Bertz CT molecular complexity index is 814. The molecule has 1 aromatic carbocycles. The van der Waals surface area contributed by atoms with Crippen LogP contribution in [0, 0.1) is 10.1 Å². The molecule has 0 aliphatic rings. The number of ether oxygens (including phenoxy) is 1. The Hall–Kier alpha value is -3.43. The fourth-order valence-corrected chi connectivity index (χ4v) is 2.03. The van der Waals surface area contributed by atoms with Gasteiger partial charge in [-0.05, 0) is 19.1 Å². The second kappa shape index (κ2) is 6.77. The first-order valence-electron chi connectivity index (χ1n) is 6.88. The Morgan fingerprint density at radius 2 is 2.17 bits per heavy atom. The molecule has 0 saturated heterocycles. The fraction of sp³-hybridized carbons (Fsp3) is 0.214. The summed E-state index contributed by atoms with van der Waals surface area (Å²) in [6, 6.07) is 3.77. The Morgan fingerprint density at radius 3 is 2.71 bits per heavy atom. The van der Waals surface area contributed by atoms with Gasteiger partial charge in [0, 0.05) is 24.4 Å². The molecule has 24 heavy (non-hydrogen) atoms. The number of benzene rings is 1. The maximum Gasteiger partial charge on any atom is 0.311 e. The van der Waals surface area contributed by atoms with Crippen molar-refractivity contribution in [2.45, 2.75) is 13.5 Å². The van der Waals surface area contributed by atoms with E-state index in [1.54, 1.807) is 6.92 Å². The molecule has 0 fully saturated rings. The maximum absolute atomic E-state index is 12.3. The average molecular weight is 333 g/mol. The quantitative estimate of drug-likeness (QED) is 0.600. The van der Waals surface area contributed by atoms with Gasteiger partial charge < -0.3 is 15.8 Å². The predicted octanol–water partition coefficient (Wildman–Crippen LogP) is 1.17. The summed E-state index contributed by atoms with van der Waals surface area (Å²) >= 11 is 0. The second-order valence-electron chi connectivity index (χ2n) is 4.71. The molecule has 1 aromatic heterocycles. The van der Waals surface area contributed by atoms with Gasteiger partial charge in [0.05, 0.1) is 17.7 Å². The van der Waals surface area contributed by atoms with Crippen molar-refractivity contribution in [1.82, 2.24) is 9.78 Å². The number of aromatic nitrogens is 2. The van der Waals surface area contributed by atoms with Crippen LogP contribution < -0.4 is 15.8 Å². The zero-order chi connectivity index (χ0) is 17.9. The number of primary amides is 1. The van der Waals surface area contributed by atoms with Gasteiger partial charge in [-0.2, -0.15) is 5.10 Å². The number of nitrogens with two attached hydrogens (primary N) is 1. The number of carbonyl (C=O) groups excluding carboxylic acids is 2. The van der Waals surface area contributed by atoms with Crippen LogP contribution in [0.2, 0.25) is 0 Å². The minimum Gasteiger partial charge on any atom is -0.490 e. The van der Waals surface area contributed by atoms with E-state index in [4.69, 9.17) is 10.5 Å². The van der Waals surface area contributed by atoms with Gasteiger partial charge in [-0.15, -0.1) is 0 Å². The molecule has 10 nitrogen and oxygen atoms in total. The van der Waals surface area contributed by atoms with Gasteiger partial charge in [-0.25, -0.2) is 0 Å². The third-order valence-electron chi connectivity index (χ3n) is 3.21. The number of hydrogen-bond donors (Lipinski definition) is 2. The summed E-state index contributed by atoms with van der Waals surface area (Å²) in [6.07, 6.45) is 1.45. The lowest BCUT2D eigenvalue weighted by molar-refractivity contribution is -0.385. The Morgan fingerprint density at radius 1 is 1.46 bits per heavy atom. The smallest absolute Gasteiger partial charge is 0.311 e. The maximum atomic E-state index is 12.3. The number of aryl methyl sites for hydroxylation is 1. The van der Waals surface area contributed by atoms with Crippen molar-refractivity contribution in [2.75, 3.05) is 12.4 Å². The molecule has 0 atom stereocenters. The van der Waals surface area contributed by atoms with Gasteiger partial charge in [0.1, 0.15) is 0 Å². The molecular weight excluding hydrogens is 318 g/mol. The number of carbonyl (C=O) groups is 2. The van der Waals surface area contributed by atoms with Crippen LogP contribution in [-0.4, -0.2) is 33.6 Å². The Kier molecular flexibility index (Phi) is 4.78. The van der Waals surface area contributed by atoms with Crippen molar-refractivity contribution < 1.29 is 19.2 Å². The van der Waals surface area contributed by atoms with E-state index in [2.05, 4.69) is 10.4 Å². The van der Waals surface area contributed by atoms with Crippen molar-refractivity contribution in [2.24, 2.45) is 5.73 Å². The number of amides is 2. The first kappa shape index (κ1) is 16.9. The number of nitrogens with one attached hydrogen (secondary N) is 1. The van der Waals surface area contributed by atoms with E-state index in [-0.39, 0.29) is 28.4 Å². The summed E-state index contributed by atoms with van der Waals surface area (Å²) < 4.78 is 6.32. The molecule has 2 amide bonds. The molecule has 1 heterocycles. The van der Waals surface area contributed by atoms with E-state index >= 15 is 0 Å². The molecular formula is C14H15N5O5. The zero-order valence-corrected chi connectivity index (χ0v) is 13.0. The largest absolute Gasteiger partial charge is 0.490 e. The van der Waals surface area contributed by atoms with Gasteiger partial charge in [0.15, 0.2) is 11.4 Å². The minimum absolute atomic E-state index is 0.0298. The molecule has 3 N–H and O–H groups in total. The van der Waals surface area contributed by atoms with Crippen molar-refractivity contribution in [3.8, 4) is 5.75 Å². The van der Waals surface area contributed by atoms with Gasteiger partial charge >= 0.3 is 5.69 Å². The summed E-state index contributed by atoms with van der Waals surface area (Å²) in [7, 11) is 1.29. The SMILES string of the molecule is CCn1cc(NC(=O)c2ccc(OC)c([N+](=O)[O-])c2)c(C(N)=O)n1. The van der Waals surface area contributed by atoms with E-state index in [0.717, 1.165) is 6.07 Å². The number of nitrogens with zero attached hydrogens (tertiary/aromatic N) is 3. The summed E-state index contributed by atoms with van der Waals surface area (Å²) in [5.74, 6) is -1.40. The second-order valence-corrected chi connectivity index (χ2v) is 4.71. The molecule has 2 aromatic rings. The van der Waals surface area contributed by atoms with E-state index in [9.17, 15) is 19.7 Å². The van der Waals surface area contributed by atoms with Crippen LogP contribution in [0.4, 0.5) is 11.4 Å². The predicted molar refractivity (Wildman–Crippen MR) is 84.0 cm³/mol. The highest BCUT2D eigenvalue weighted by Gasteiger charge is 2.20. The minimum atomic E-state index is -0.793. The fourth-order valence-electron chi connectivity index (χ4n) is 2.03. The summed E-state index contributed by atoms with van der Waals surface area (Å²) in [6.45, 7) is 2.28. The molecule has 0 aliphatic heterocycles. The van der Waals surface area contributed by atoms with E-state index in [1.807, 2.05) is 0 Å². The molecule has 0 radical (unpaired) electrons. The third-order valence-corrected chi connectivity index (χ3v) is 3.21. The molecule has 10 heteroatoms. The Labute approximate surface area is 136 Å². The van der Waals surface area contributed by atoms with Crippen molar-refractivity contribution in [3.63, 3.8) is 0 Å². The number of nitro benzene ring substituents is 1. The molecule has 126 valence electrons. The highest BCUT2D eigenvalue weighted by Crippen LogP contribution is 2.28. The third kappa shape index (κ3) is 3.32. The van der Waals surface area contributed by atoms with E-state index in [1.165, 1.54) is 30.1 Å². The number of anilines is 1. The monoisotopic (exact) mass is 333 g/mol. The van der Waals surface area contributed by atoms with Crippen LogP contribution >= 0.6 is 0 Å². The molecule has 0 spiro atoms. The number of methoxy groups -OCH3 is 1. The first-order valence-corrected chi connectivity index (χ1v) is 6.88. The highest BCUT2D eigenvalue weighted by molar-refractivity contribution is 6.08. The molecule has 0 aliphatic carbocycles. The van der Waals surface area contributed by atoms with Crippen molar-refractivity contribution in [1.29, 1.82) is 0 Å². The molecule has 2 rings (SSSR count). The van der Waals surface area contributed by atoms with Gasteiger partial charge in [0.25, 0.3) is 11.8 Å². The van der Waals surface area contributed by atoms with Crippen LogP contribution in [0.15, 0.2) is 24.4 Å². The van der Waals surface area contributed by atoms with E-state index < -0.39 is 16.7 Å². The lowest BCUT2D eigenvalue weighted by Crippen LogP contribution is -2.18. The molecule has 0 bridgehead atoms. The summed E-state index contributed by atoms with van der Waals surface area (Å²) in [4.78, 5) is 34.0. The Balaban J connectivity index is 2.34. The summed E-state index contributed by atoms with van der Waals surface area (Å²) in [5, 5.41) is 17.4. The van der Waals surface area contributed by atoms with Crippen LogP contribution in [0.25, 0.3) is 0 Å².